The number of nitrogen functional groups attached to an aromatic ring is 2. The van der Waals surface area contributed by atoms with Crippen LogP contribution >= 0.6 is 0 Å². The lowest BCUT2D eigenvalue weighted by Gasteiger charge is -2.19. The van der Waals surface area contributed by atoms with Crippen LogP contribution in [-0.2, 0) is 0 Å². The van der Waals surface area contributed by atoms with Crippen LogP contribution in [-0.4, -0.2) is 24.5 Å². The minimum absolute atomic E-state index is 0.00282. The van der Waals surface area contributed by atoms with Gasteiger partial charge in [-0.3, -0.25) is 0 Å². The fraction of sp³-hybridized carbons (Fsp3) is 0.571. The molecule has 0 bridgehead atoms. The molecule has 7 heteroatoms. The summed E-state index contributed by atoms with van der Waals surface area (Å²) in [6.07, 6.45) is 9.38. The van der Waals surface area contributed by atoms with Crippen molar-refractivity contribution in [1.29, 1.82) is 0 Å². The Kier molecular flexibility index (Phi) is 5.08. The molecule has 1 unspecified atom stereocenters. The summed E-state index contributed by atoms with van der Waals surface area (Å²) in [5.41, 5.74) is 11.4. The quantitative estimate of drug-likeness (QED) is 0.755. The summed E-state index contributed by atoms with van der Waals surface area (Å²) in [4.78, 5) is 16.6. The van der Waals surface area contributed by atoms with E-state index in [2.05, 4.69) is 31.4 Å². The summed E-state index contributed by atoms with van der Waals surface area (Å²) >= 11 is 0. The van der Waals surface area contributed by atoms with Crippen LogP contribution in [0.1, 0.15) is 56.7 Å². The van der Waals surface area contributed by atoms with Gasteiger partial charge in [0, 0.05) is 12.4 Å². The first-order valence-corrected chi connectivity index (χ1v) is 7.38. The van der Waals surface area contributed by atoms with Crippen molar-refractivity contribution in [2.75, 3.05) is 11.5 Å². The Morgan fingerprint density at radius 1 is 1.10 bits per heavy atom. The molecule has 0 aliphatic carbocycles. The van der Waals surface area contributed by atoms with E-state index in [9.17, 15) is 0 Å². The Labute approximate surface area is 124 Å². The summed E-state index contributed by atoms with van der Waals surface area (Å²) in [7, 11) is 0. The van der Waals surface area contributed by atoms with E-state index in [4.69, 9.17) is 11.5 Å². The van der Waals surface area contributed by atoms with E-state index < -0.39 is 0 Å². The van der Waals surface area contributed by atoms with Gasteiger partial charge in [-0.15, -0.1) is 0 Å². The molecule has 114 valence electrons. The summed E-state index contributed by atoms with van der Waals surface area (Å²) in [6, 6.07) is -0.00282. The largest absolute Gasteiger partial charge is 0.368 e. The lowest BCUT2D eigenvalue weighted by molar-refractivity contribution is 0.470. The fourth-order valence-electron chi connectivity index (χ4n) is 2.45. The second kappa shape index (κ2) is 7.01. The number of rotatable bonds is 7. The number of nitrogens with two attached hydrogens (primary N) is 2. The molecule has 0 amide bonds. The van der Waals surface area contributed by atoms with E-state index >= 15 is 0 Å². The minimum atomic E-state index is -0.00282. The van der Waals surface area contributed by atoms with E-state index in [0.717, 1.165) is 18.7 Å². The van der Waals surface area contributed by atoms with Gasteiger partial charge in [0.15, 0.2) is 5.82 Å². The number of nitrogens with zero attached hydrogens (tertiary/aromatic N) is 5. The van der Waals surface area contributed by atoms with E-state index in [0.29, 0.717) is 5.82 Å². The molecule has 2 rings (SSSR count). The Morgan fingerprint density at radius 3 is 2.38 bits per heavy atom. The molecule has 21 heavy (non-hydrogen) atoms. The molecule has 2 aromatic heterocycles. The number of hydrogen-bond acceptors (Lipinski definition) is 6. The number of imidazole rings is 1. The number of anilines is 2. The topological polar surface area (TPSA) is 109 Å². The Bertz CT molecular complexity index is 558. The fourth-order valence-corrected chi connectivity index (χ4v) is 2.45. The van der Waals surface area contributed by atoms with Crippen LogP contribution in [0.4, 0.5) is 11.9 Å². The van der Waals surface area contributed by atoms with Crippen LogP contribution in [0, 0.1) is 6.92 Å². The highest BCUT2D eigenvalue weighted by Crippen LogP contribution is 2.24. The van der Waals surface area contributed by atoms with Crippen molar-refractivity contribution < 1.29 is 0 Å². The van der Waals surface area contributed by atoms with Gasteiger partial charge in [0.25, 0.3) is 0 Å². The SMILES string of the molecule is CCCCCCC(c1nc(N)nc(N)n1)n1ccnc1C. The van der Waals surface area contributed by atoms with Crippen LogP contribution in [0.5, 0.6) is 0 Å². The van der Waals surface area contributed by atoms with Crippen molar-refractivity contribution in [3.8, 4) is 0 Å². The van der Waals surface area contributed by atoms with E-state index in [1.165, 1.54) is 19.3 Å². The molecular weight excluding hydrogens is 266 g/mol. The highest BCUT2D eigenvalue weighted by atomic mass is 15.2. The lowest BCUT2D eigenvalue weighted by atomic mass is 10.1. The predicted molar refractivity (Wildman–Crippen MR) is 82.5 cm³/mol. The summed E-state index contributed by atoms with van der Waals surface area (Å²) in [5.74, 6) is 1.85. The predicted octanol–water partition coefficient (Wildman–Crippen LogP) is 2.10. The van der Waals surface area contributed by atoms with Gasteiger partial charge in [-0.05, 0) is 13.3 Å². The Balaban J connectivity index is 2.25. The zero-order valence-corrected chi connectivity index (χ0v) is 12.7. The van der Waals surface area contributed by atoms with Gasteiger partial charge in [0.05, 0.1) is 6.04 Å². The van der Waals surface area contributed by atoms with E-state index in [1.54, 1.807) is 6.20 Å². The molecule has 2 aromatic rings. The van der Waals surface area contributed by atoms with Gasteiger partial charge in [0.1, 0.15) is 5.82 Å². The summed E-state index contributed by atoms with van der Waals surface area (Å²) < 4.78 is 2.07. The zero-order valence-electron chi connectivity index (χ0n) is 12.7. The van der Waals surface area contributed by atoms with Crippen LogP contribution in [0.25, 0.3) is 0 Å². The Morgan fingerprint density at radius 2 is 1.81 bits per heavy atom. The monoisotopic (exact) mass is 289 g/mol. The van der Waals surface area contributed by atoms with Gasteiger partial charge in [-0.2, -0.15) is 15.0 Å². The number of aromatic nitrogens is 5. The number of hydrogen-bond donors (Lipinski definition) is 2. The molecule has 1 atom stereocenters. The average Bonchev–Trinajstić information content (AvgIpc) is 2.84. The standard InChI is InChI=1S/C14H23N7/c1-3-4-5-6-7-11(21-9-8-17-10(21)2)12-18-13(15)20-14(16)19-12/h8-9,11H,3-7H2,1-2H3,(H4,15,16,18,19,20). The van der Waals surface area contributed by atoms with Crippen molar-refractivity contribution in [2.45, 2.75) is 52.0 Å². The van der Waals surface area contributed by atoms with Gasteiger partial charge in [-0.25, -0.2) is 4.98 Å². The molecule has 0 radical (unpaired) electrons. The first-order valence-electron chi connectivity index (χ1n) is 7.38. The third-order valence-corrected chi connectivity index (χ3v) is 3.51. The van der Waals surface area contributed by atoms with Crippen molar-refractivity contribution in [1.82, 2.24) is 24.5 Å². The molecule has 0 saturated heterocycles. The van der Waals surface area contributed by atoms with Crippen LogP contribution in [0.15, 0.2) is 12.4 Å². The third-order valence-electron chi connectivity index (χ3n) is 3.51. The lowest BCUT2D eigenvalue weighted by Crippen LogP contribution is -2.17. The van der Waals surface area contributed by atoms with Gasteiger partial charge < -0.3 is 16.0 Å². The second-order valence-electron chi connectivity index (χ2n) is 5.16. The van der Waals surface area contributed by atoms with Crippen LogP contribution in [0.2, 0.25) is 0 Å². The van der Waals surface area contributed by atoms with E-state index in [-0.39, 0.29) is 17.9 Å². The molecular formula is C14H23N7. The maximum Gasteiger partial charge on any atom is 0.225 e. The highest BCUT2D eigenvalue weighted by Gasteiger charge is 2.19. The van der Waals surface area contributed by atoms with Crippen molar-refractivity contribution in [2.24, 2.45) is 0 Å². The van der Waals surface area contributed by atoms with Crippen LogP contribution in [0.3, 0.4) is 0 Å². The molecule has 0 saturated carbocycles. The van der Waals surface area contributed by atoms with Crippen molar-refractivity contribution in [3.05, 3.63) is 24.0 Å². The van der Waals surface area contributed by atoms with Crippen molar-refractivity contribution >= 4 is 11.9 Å². The van der Waals surface area contributed by atoms with Crippen LogP contribution < -0.4 is 11.5 Å². The number of aryl methyl sites for hydroxylation is 1. The maximum absolute atomic E-state index is 5.70. The molecule has 0 aliphatic rings. The molecule has 0 fully saturated rings. The smallest absolute Gasteiger partial charge is 0.225 e. The highest BCUT2D eigenvalue weighted by molar-refractivity contribution is 5.27. The minimum Gasteiger partial charge on any atom is -0.368 e. The molecule has 7 nitrogen and oxygen atoms in total. The Hall–Kier alpha value is -2.18. The van der Waals surface area contributed by atoms with Crippen molar-refractivity contribution in [3.63, 3.8) is 0 Å². The van der Waals surface area contributed by atoms with Gasteiger partial charge in [-0.1, -0.05) is 32.6 Å². The summed E-state index contributed by atoms with van der Waals surface area (Å²) in [6.45, 7) is 4.16. The number of unbranched alkanes of at least 4 members (excludes halogenated alkanes) is 3. The first-order chi connectivity index (χ1) is 10.1. The first kappa shape index (κ1) is 15.2. The van der Waals surface area contributed by atoms with E-state index in [1.807, 2.05) is 13.1 Å². The zero-order chi connectivity index (χ0) is 15.2. The molecule has 0 aliphatic heterocycles. The molecule has 0 aromatic carbocycles. The molecule has 0 spiro atoms. The average molecular weight is 289 g/mol. The van der Waals surface area contributed by atoms with Gasteiger partial charge >= 0.3 is 0 Å². The molecule has 2 heterocycles. The third kappa shape index (κ3) is 3.90. The summed E-state index contributed by atoms with van der Waals surface area (Å²) in [5, 5.41) is 0. The molecule has 4 N–H and O–H groups in total. The normalized spacial score (nSPS) is 12.5. The maximum atomic E-state index is 5.70. The van der Waals surface area contributed by atoms with Gasteiger partial charge in [0.2, 0.25) is 11.9 Å². The second-order valence-corrected chi connectivity index (χ2v) is 5.16.